The predicted molar refractivity (Wildman–Crippen MR) is 66.4 cm³/mol. The van der Waals surface area contributed by atoms with Crippen LogP contribution in [0.3, 0.4) is 0 Å². The van der Waals surface area contributed by atoms with Crippen molar-refractivity contribution in [3.63, 3.8) is 0 Å². The summed E-state index contributed by atoms with van der Waals surface area (Å²) in [5.41, 5.74) is -0.396. The fourth-order valence-corrected chi connectivity index (χ4v) is 1.60. The van der Waals surface area contributed by atoms with Crippen LogP contribution in [0.1, 0.15) is 30.6 Å². The molecule has 0 aliphatic carbocycles. The highest BCUT2D eigenvalue weighted by molar-refractivity contribution is 5.96. The molecule has 0 aliphatic heterocycles. The number of halogens is 2. The Morgan fingerprint density at radius 1 is 1.30 bits per heavy atom. The third-order valence-corrected chi connectivity index (χ3v) is 3.04. The minimum Gasteiger partial charge on any atom is -0.503 e. The van der Waals surface area contributed by atoms with Crippen molar-refractivity contribution in [1.29, 1.82) is 0 Å². The molecule has 110 valence electrons. The fraction of sp³-hybridized carbons (Fsp3) is 0.385. The van der Waals surface area contributed by atoms with Crippen molar-refractivity contribution >= 4 is 11.9 Å². The first kappa shape index (κ1) is 15.9. The number of carbonyl (C=O) groups is 2. The highest BCUT2D eigenvalue weighted by Gasteiger charge is 2.26. The van der Waals surface area contributed by atoms with E-state index in [4.69, 9.17) is 10.2 Å². The van der Waals surface area contributed by atoms with Gasteiger partial charge in [0.2, 0.25) is 0 Å². The molecule has 20 heavy (non-hydrogen) atoms. The topological polar surface area (TPSA) is 86.6 Å². The first-order chi connectivity index (χ1) is 9.27. The summed E-state index contributed by atoms with van der Waals surface area (Å²) in [4.78, 5) is 22.9. The number of rotatable bonds is 5. The van der Waals surface area contributed by atoms with Gasteiger partial charge < -0.3 is 15.5 Å². The van der Waals surface area contributed by atoms with Crippen molar-refractivity contribution < 1.29 is 28.6 Å². The molecule has 0 saturated heterocycles. The van der Waals surface area contributed by atoms with Crippen molar-refractivity contribution in [2.24, 2.45) is 5.92 Å². The molecule has 1 rings (SSSR count). The average Bonchev–Trinajstić information content (AvgIpc) is 2.39. The van der Waals surface area contributed by atoms with Crippen LogP contribution in [-0.4, -0.2) is 28.1 Å². The molecule has 3 N–H and O–H groups in total. The Morgan fingerprint density at radius 3 is 2.20 bits per heavy atom. The number of benzene rings is 1. The van der Waals surface area contributed by atoms with E-state index in [0.717, 1.165) is 0 Å². The normalized spacial score (nSPS) is 13.6. The van der Waals surface area contributed by atoms with E-state index >= 15 is 0 Å². The molecular formula is C13H15F2NO4. The summed E-state index contributed by atoms with van der Waals surface area (Å²) in [6.45, 7) is 3.39. The van der Waals surface area contributed by atoms with Crippen molar-refractivity contribution in [3.8, 4) is 5.75 Å². The molecule has 0 aromatic heterocycles. The molecule has 1 aromatic rings. The number of phenols is 1. The van der Waals surface area contributed by atoms with Crippen LogP contribution in [0, 0.1) is 17.6 Å². The summed E-state index contributed by atoms with van der Waals surface area (Å²) in [7, 11) is 0. The number of phenolic OH excluding ortho intramolecular Hbond substituents is 1. The number of carbonyl (C=O) groups excluding carboxylic acids is 1. The van der Waals surface area contributed by atoms with Gasteiger partial charge in [0.15, 0.2) is 17.4 Å². The number of hydrogen-bond donors (Lipinski definition) is 3. The second-order valence-electron chi connectivity index (χ2n) is 4.46. The molecular weight excluding hydrogens is 272 g/mol. The smallest absolute Gasteiger partial charge is 0.326 e. The molecule has 2 atom stereocenters. The van der Waals surface area contributed by atoms with E-state index in [2.05, 4.69) is 5.32 Å². The van der Waals surface area contributed by atoms with E-state index in [1.165, 1.54) is 0 Å². The van der Waals surface area contributed by atoms with Gasteiger partial charge in [0, 0.05) is 5.56 Å². The zero-order valence-electron chi connectivity index (χ0n) is 11.0. The Hall–Kier alpha value is -2.18. The van der Waals surface area contributed by atoms with Crippen LogP contribution in [0.5, 0.6) is 5.75 Å². The second-order valence-corrected chi connectivity index (χ2v) is 4.46. The zero-order valence-corrected chi connectivity index (χ0v) is 11.0. The van der Waals surface area contributed by atoms with Gasteiger partial charge in [0.25, 0.3) is 5.91 Å². The fourth-order valence-electron chi connectivity index (χ4n) is 1.60. The lowest BCUT2D eigenvalue weighted by Gasteiger charge is -2.20. The van der Waals surface area contributed by atoms with Gasteiger partial charge in [-0.15, -0.1) is 0 Å². The molecule has 0 saturated carbocycles. The van der Waals surface area contributed by atoms with Crippen LogP contribution in [0.15, 0.2) is 12.1 Å². The number of hydrogen-bond acceptors (Lipinski definition) is 3. The number of nitrogens with one attached hydrogen (secondary N) is 1. The molecule has 0 fully saturated rings. The summed E-state index contributed by atoms with van der Waals surface area (Å²) in [6, 6.07) is 0.124. The van der Waals surface area contributed by atoms with Gasteiger partial charge in [-0.2, -0.15) is 0 Å². The van der Waals surface area contributed by atoms with Gasteiger partial charge in [-0.25, -0.2) is 13.6 Å². The van der Waals surface area contributed by atoms with Gasteiger partial charge in [0.1, 0.15) is 6.04 Å². The van der Waals surface area contributed by atoms with Gasteiger partial charge >= 0.3 is 5.97 Å². The Labute approximate surface area is 114 Å². The van der Waals surface area contributed by atoms with Crippen molar-refractivity contribution in [3.05, 3.63) is 29.3 Å². The van der Waals surface area contributed by atoms with Gasteiger partial charge in [0.05, 0.1) is 0 Å². The molecule has 5 nitrogen and oxygen atoms in total. The van der Waals surface area contributed by atoms with Crippen LogP contribution < -0.4 is 5.32 Å². The van der Waals surface area contributed by atoms with Gasteiger partial charge in [-0.3, -0.25) is 4.79 Å². The average molecular weight is 287 g/mol. The van der Waals surface area contributed by atoms with Crippen LogP contribution in [0.4, 0.5) is 8.78 Å². The largest absolute Gasteiger partial charge is 0.503 e. The molecule has 1 aromatic carbocycles. The van der Waals surface area contributed by atoms with Crippen LogP contribution in [0.25, 0.3) is 0 Å². The molecule has 1 amide bonds. The van der Waals surface area contributed by atoms with Crippen LogP contribution in [0.2, 0.25) is 0 Å². The molecule has 0 heterocycles. The van der Waals surface area contributed by atoms with E-state index in [1.807, 2.05) is 0 Å². The summed E-state index contributed by atoms with van der Waals surface area (Å²) >= 11 is 0. The molecule has 0 bridgehead atoms. The van der Waals surface area contributed by atoms with E-state index in [0.29, 0.717) is 18.6 Å². The number of aromatic hydroxyl groups is 1. The quantitative estimate of drug-likeness (QED) is 0.772. The van der Waals surface area contributed by atoms with Crippen LogP contribution >= 0.6 is 0 Å². The highest BCUT2D eigenvalue weighted by atomic mass is 19.1. The maximum atomic E-state index is 13.1. The summed E-state index contributed by atoms with van der Waals surface area (Å²) < 4.78 is 26.3. The summed E-state index contributed by atoms with van der Waals surface area (Å²) in [5, 5.41) is 20.2. The van der Waals surface area contributed by atoms with E-state index in [-0.39, 0.29) is 5.92 Å². The molecule has 0 spiro atoms. The third kappa shape index (κ3) is 3.43. The zero-order chi connectivity index (χ0) is 15.4. The lowest BCUT2D eigenvalue weighted by molar-refractivity contribution is -0.140. The summed E-state index contributed by atoms with van der Waals surface area (Å²) in [5.74, 6) is -6.25. The second kappa shape index (κ2) is 6.31. The Kier molecular flexibility index (Phi) is 5.01. The van der Waals surface area contributed by atoms with E-state index < -0.39 is 40.9 Å². The Bertz CT molecular complexity index is 510. The number of carboxylic acid groups (broad SMARTS) is 1. The minimum absolute atomic E-state index is 0.344. The van der Waals surface area contributed by atoms with E-state index in [9.17, 15) is 18.4 Å². The lowest BCUT2D eigenvalue weighted by atomic mass is 9.99. The molecule has 0 unspecified atom stereocenters. The van der Waals surface area contributed by atoms with Crippen molar-refractivity contribution in [2.75, 3.05) is 0 Å². The van der Waals surface area contributed by atoms with Crippen molar-refractivity contribution in [2.45, 2.75) is 26.3 Å². The SMILES string of the molecule is CC[C@H](C)[C@H](NC(=O)c1cc(F)c(O)c(F)c1)C(=O)O. The maximum absolute atomic E-state index is 13.1. The standard InChI is InChI=1S/C13H15F2NO4/c1-3-6(2)10(13(19)20)16-12(18)7-4-8(14)11(17)9(15)5-7/h4-6,10,17H,3H2,1-2H3,(H,16,18)(H,19,20)/t6-,10-/m0/s1. The molecule has 0 radical (unpaired) electrons. The first-order valence-corrected chi connectivity index (χ1v) is 5.99. The Balaban J connectivity index is 2.98. The van der Waals surface area contributed by atoms with Gasteiger partial charge in [-0.1, -0.05) is 20.3 Å². The third-order valence-electron chi connectivity index (χ3n) is 3.04. The Morgan fingerprint density at radius 2 is 1.80 bits per heavy atom. The maximum Gasteiger partial charge on any atom is 0.326 e. The lowest BCUT2D eigenvalue weighted by Crippen LogP contribution is -2.45. The summed E-state index contributed by atoms with van der Waals surface area (Å²) in [6.07, 6.45) is 0.509. The predicted octanol–water partition coefficient (Wildman–Crippen LogP) is 1.90. The van der Waals surface area contributed by atoms with E-state index in [1.54, 1.807) is 13.8 Å². The highest BCUT2D eigenvalue weighted by Crippen LogP contribution is 2.21. The monoisotopic (exact) mass is 287 g/mol. The van der Waals surface area contributed by atoms with Crippen LogP contribution in [-0.2, 0) is 4.79 Å². The molecule has 7 heteroatoms. The van der Waals surface area contributed by atoms with Crippen molar-refractivity contribution in [1.82, 2.24) is 5.32 Å². The number of carboxylic acids is 1. The molecule has 0 aliphatic rings. The van der Waals surface area contributed by atoms with Gasteiger partial charge in [-0.05, 0) is 18.1 Å². The first-order valence-electron chi connectivity index (χ1n) is 5.99. The minimum atomic E-state index is -1.29. The number of aliphatic carboxylic acids is 1. The number of amides is 1.